The number of aliphatic hydroxyl groups excluding tert-OH is 1. The van der Waals surface area contributed by atoms with Crippen LogP contribution in [0.4, 0.5) is 0 Å². The number of nitrogens with zero attached hydrogens (tertiary/aromatic N) is 1. The average molecular weight is 197 g/mol. The number of rotatable bonds is 4. The van der Waals surface area contributed by atoms with E-state index in [1.165, 1.54) is 17.1 Å². The van der Waals surface area contributed by atoms with Crippen LogP contribution in [0.5, 0.6) is 0 Å². The smallest absolute Gasteiger partial charge is 0.254 e. The Morgan fingerprint density at radius 3 is 2.21 bits per heavy atom. The quantitative estimate of drug-likeness (QED) is 0.666. The lowest BCUT2D eigenvalue weighted by Gasteiger charge is -2.36. The molecule has 1 rings (SSSR count). The molecule has 0 saturated carbocycles. The molecule has 0 bridgehead atoms. The second kappa shape index (κ2) is 3.92. The van der Waals surface area contributed by atoms with Gasteiger partial charge < -0.3 is 5.11 Å². The van der Waals surface area contributed by atoms with Crippen molar-refractivity contribution in [2.45, 2.75) is 32.2 Å². The Bertz CT molecular complexity index is 267. The monoisotopic (exact) mass is 197 g/mol. The second-order valence-electron chi connectivity index (χ2n) is 3.67. The number of carbonyl (C=O) groups excluding carboxylic acids is 2. The van der Waals surface area contributed by atoms with Gasteiger partial charge >= 0.3 is 0 Å². The van der Waals surface area contributed by atoms with Crippen LogP contribution < -0.4 is 0 Å². The maximum Gasteiger partial charge on any atom is 0.254 e. The van der Waals surface area contributed by atoms with E-state index in [1.54, 1.807) is 0 Å². The highest BCUT2D eigenvalue weighted by atomic mass is 16.3. The van der Waals surface area contributed by atoms with Crippen LogP contribution in [-0.4, -0.2) is 34.0 Å². The van der Waals surface area contributed by atoms with Crippen molar-refractivity contribution in [1.29, 1.82) is 0 Å². The molecule has 0 aromatic rings. The fourth-order valence-corrected chi connectivity index (χ4v) is 1.62. The first-order valence-corrected chi connectivity index (χ1v) is 4.72. The minimum absolute atomic E-state index is 0.0264. The summed E-state index contributed by atoms with van der Waals surface area (Å²) in [6, 6.07) is 0. The molecule has 0 aliphatic carbocycles. The van der Waals surface area contributed by atoms with Gasteiger partial charge in [0.2, 0.25) is 0 Å². The Morgan fingerprint density at radius 2 is 1.86 bits per heavy atom. The fourth-order valence-electron chi connectivity index (χ4n) is 1.62. The van der Waals surface area contributed by atoms with Crippen LogP contribution >= 0.6 is 0 Å². The third kappa shape index (κ3) is 1.70. The van der Waals surface area contributed by atoms with Crippen LogP contribution in [0.25, 0.3) is 0 Å². The minimum Gasteiger partial charge on any atom is -0.396 e. The first-order valence-electron chi connectivity index (χ1n) is 4.72. The fraction of sp³-hybridized carbons (Fsp3) is 0.600. The van der Waals surface area contributed by atoms with Gasteiger partial charge in [-0.15, -0.1) is 0 Å². The SMILES string of the molecule is CCC(C)(CCO)N1C(=O)C=CC1=O. The molecule has 1 aliphatic rings. The van der Waals surface area contributed by atoms with Crippen LogP contribution in [-0.2, 0) is 9.59 Å². The standard InChI is InChI=1S/C10H15NO3/c1-3-10(2,6-7-12)11-8(13)4-5-9(11)14/h4-5,12H,3,6-7H2,1-2H3. The van der Waals surface area contributed by atoms with Crippen molar-refractivity contribution in [2.24, 2.45) is 0 Å². The molecule has 0 aromatic carbocycles. The summed E-state index contributed by atoms with van der Waals surface area (Å²) in [5.74, 6) is -0.569. The van der Waals surface area contributed by atoms with E-state index in [9.17, 15) is 9.59 Å². The molecule has 2 amide bonds. The molecule has 1 atom stereocenters. The van der Waals surface area contributed by atoms with E-state index in [-0.39, 0.29) is 18.4 Å². The van der Waals surface area contributed by atoms with Gasteiger partial charge in [0.15, 0.2) is 0 Å². The maximum atomic E-state index is 11.4. The predicted molar refractivity (Wildman–Crippen MR) is 51.4 cm³/mol. The zero-order valence-electron chi connectivity index (χ0n) is 8.49. The summed E-state index contributed by atoms with van der Waals surface area (Å²) in [5.41, 5.74) is -0.563. The molecule has 0 radical (unpaired) electrons. The van der Waals surface area contributed by atoms with E-state index in [2.05, 4.69) is 0 Å². The summed E-state index contributed by atoms with van der Waals surface area (Å²) in [4.78, 5) is 24.0. The van der Waals surface area contributed by atoms with Gasteiger partial charge in [0.25, 0.3) is 11.8 Å². The molecule has 1 heterocycles. The van der Waals surface area contributed by atoms with Crippen molar-refractivity contribution in [1.82, 2.24) is 4.90 Å². The van der Waals surface area contributed by atoms with Gasteiger partial charge in [-0.25, -0.2) is 0 Å². The van der Waals surface area contributed by atoms with E-state index in [4.69, 9.17) is 5.11 Å². The van der Waals surface area contributed by atoms with E-state index >= 15 is 0 Å². The first-order chi connectivity index (χ1) is 6.55. The molecule has 0 saturated heterocycles. The van der Waals surface area contributed by atoms with Gasteiger partial charge in [0.05, 0.1) is 5.54 Å². The Morgan fingerprint density at radius 1 is 1.36 bits per heavy atom. The van der Waals surface area contributed by atoms with Crippen LogP contribution in [0.2, 0.25) is 0 Å². The van der Waals surface area contributed by atoms with Crippen molar-refractivity contribution in [3.63, 3.8) is 0 Å². The van der Waals surface area contributed by atoms with Gasteiger partial charge in [-0.05, 0) is 19.8 Å². The van der Waals surface area contributed by atoms with Gasteiger partial charge in [-0.2, -0.15) is 0 Å². The number of hydrogen-bond donors (Lipinski definition) is 1. The predicted octanol–water partition coefficient (Wildman–Crippen LogP) is 0.462. The summed E-state index contributed by atoms with van der Waals surface area (Å²) >= 11 is 0. The molecule has 78 valence electrons. The molecule has 0 aromatic heterocycles. The number of hydrogen-bond acceptors (Lipinski definition) is 3. The molecular weight excluding hydrogens is 182 g/mol. The lowest BCUT2D eigenvalue weighted by atomic mass is 9.92. The first kappa shape index (κ1) is 10.9. The Hall–Kier alpha value is -1.16. The summed E-state index contributed by atoms with van der Waals surface area (Å²) in [7, 11) is 0. The van der Waals surface area contributed by atoms with Gasteiger partial charge in [-0.3, -0.25) is 14.5 Å². The molecular formula is C10H15NO3. The lowest BCUT2D eigenvalue weighted by molar-refractivity contribution is -0.144. The lowest BCUT2D eigenvalue weighted by Crippen LogP contribution is -2.50. The second-order valence-corrected chi connectivity index (χ2v) is 3.67. The third-order valence-electron chi connectivity index (χ3n) is 2.76. The summed E-state index contributed by atoms with van der Waals surface area (Å²) in [5, 5.41) is 8.90. The molecule has 4 heteroatoms. The highest BCUT2D eigenvalue weighted by molar-refractivity contribution is 6.13. The van der Waals surface area contributed by atoms with Gasteiger partial charge in [-0.1, -0.05) is 6.92 Å². The summed E-state index contributed by atoms with van der Waals surface area (Å²) in [6.45, 7) is 3.68. The highest BCUT2D eigenvalue weighted by Crippen LogP contribution is 2.26. The number of imide groups is 1. The van der Waals surface area contributed by atoms with E-state index in [0.29, 0.717) is 12.8 Å². The van der Waals surface area contributed by atoms with Crippen LogP contribution in [0.1, 0.15) is 26.7 Å². The van der Waals surface area contributed by atoms with Crippen molar-refractivity contribution in [3.05, 3.63) is 12.2 Å². The minimum atomic E-state index is -0.563. The van der Waals surface area contributed by atoms with Gasteiger partial charge in [0.1, 0.15) is 0 Å². The van der Waals surface area contributed by atoms with Crippen LogP contribution in [0.15, 0.2) is 12.2 Å². The highest BCUT2D eigenvalue weighted by Gasteiger charge is 2.38. The molecule has 4 nitrogen and oxygen atoms in total. The van der Waals surface area contributed by atoms with E-state index < -0.39 is 5.54 Å². The number of amides is 2. The molecule has 1 aliphatic heterocycles. The Kier molecular flexibility index (Phi) is 3.06. The average Bonchev–Trinajstić information content (AvgIpc) is 2.47. The third-order valence-corrected chi connectivity index (χ3v) is 2.76. The summed E-state index contributed by atoms with van der Waals surface area (Å²) in [6.07, 6.45) is 3.61. The molecule has 0 spiro atoms. The topological polar surface area (TPSA) is 57.6 Å². The van der Waals surface area contributed by atoms with Crippen LogP contribution in [0, 0.1) is 0 Å². The molecule has 1 unspecified atom stereocenters. The molecule has 0 fully saturated rings. The van der Waals surface area contributed by atoms with Crippen LogP contribution in [0.3, 0.4) is 0 Å². The molecule has 14 heavy (non-hydrogen) atoms. The maximum absolute atomic E-state index is 11.4. The number of aliphatic hydroxyl groups is 1. The Balaban J connectivity index is 2.89. The van der Waals surface area contributed by atoms with Gasteiger partial charge in [0, 0.05) is 18.8 Å². The Labute approximate surface area is 83.2 Å². The van der Waals surface area contributed by atoms with Crippen molar-refractivity contribution < 1.29 is 14.7 Å². The van der Waals surface area contributed by atoms with E-state index in [1.807, 2.05) is 13.8 Å². The molecule has 1 N–H and O–H groups in total. The normalized spacial score (nSPS) is 20.4. The zero-order chi connectivity index (χ0) is 10.8. The number of carbonyl (C=O) groups is 2. The van der Waals surface area contributed by atoms with Crippen molar-refractivity contribution in [2.75, 3.05) is 6.61 Å². The van der Waals surface area contributed by atoms with Crippen molar-refractivity contribution >= 4 is 11.8 Å². The van der Waals surface area contributed by atoms with E-state index in [0.717, 1.165) is 0 Å². The summed E-state index contributed by atoms with van der Waals surface area (Å²) < 4.78 is 0. The van der Waals surface area contributed by atoms with Crippen molar-refractivity contribution in [3.8, 4) is 0 Å². The zero-order valence-corrected chi connectivity index (χ0v) is 8.49. The largest absolute Gasteiger partial charge is 0.396 e.